The molecule has 2 heteroatoms. The highest BCUT2D eigenvalue weighted by molar-refractivity contribution is 5.85. The summed E-state index contributed by atoms with van der Waals surface area (Å²) in [6.07, 6.45) is 1.92. The average Bonchev–Trinajstić information content (AvgIpc) is 3.03. The Bertz CT molecular complexity index is 1150. The minimum Gasteiger partial charge on any atom is -0.456 e. The van der Waals surface area contributed by atoms with E-state index in [1.165, 1.54) is 22.3 Å². The van der Waals surface area contributed by atoms with Crippen molar-refractivity contribution in [2.24, 2.45) is 0 Å². The third-order valence-corrected chi connectivity index (χ3v) is 5.15. The number of rotatable bonds is 2. The number of benzene rings is 2. The molecule has 0 aliphatic rings. The molecule has 0 N–H and O–H groups in total. The van der Waals surface area contributed by atoms with E-state index in [1.807, 2.05) is 6.20 Å². The highest BCUT2D eigenvalue weighted by Gasteiger charge is 2.16. The SMILES string of the molecule is Cc1cc(C)cc(-c2cc3cnc(-c4cc(C)cc(C(C)(C)C)c4)cc3o2)c1. The van der Waals surface area contributed by atoms with Crippen molar-refractivity contribution in [1.82, 2.24) is 4.98 Å². The summed E-state index contributed by atoms with van der Waals surface area (Å²) in [5, 5.41) is 1.03. The fourth-order valence-corrected chi connectivity index (χ4v) is 3.71. The van der Waals surface area contributed by atoms with Gasteiger partial charge in [0, 0.05) is 28.8 Å². The second-order valence-electron chi connectivity index (χ2n) is 8.93. The van der Waals surface area contributed by atoms with Gasteiger partial charge in [-0.3, -0.25) is 4.98 Å². The Balaban J connectivity index is 1.80. The van der Waals surface area contributed by atoms with Gasteiger partial charge in [-0.15, -0.1) is 0 Å². The smallest absolute Gasteiger partial charge is 0.138 e. The third-order valence-electron chi connectivity index (χ3n) is 5.15. The summed E-state index contributed by atoms with van der Waals surface area (Å²) < 4.78 is 6.21. The van der Waals surface area contributed by atoms with Crippen LogP contribution in [0.1, 0.15) is 43.0 Å². The van der Waals surface area contributed by atoms with Crippen LogP contribution in [-0.2, 0) is 5.41 Å². The zero-order valence-electron chi connectivity index (χ0n) is 17.6. The van der Waals surface area contributed by atoms with E-state index in [0.717, 1.165) is 33.6 Å². The van der Waals surface area contributed by atoms with Crippen molar-refractivity contribution in [3.63, 3.8) is 0 Å². The van der Waals surface area contributed by atoms with Crippen LogP contribution in [0.2, 0.25) is 0 Å². The number of pyridine rings is 1. The van der Waals surface area contributed by atoms with Crippen LogP contribution in [0.5, 0.6) is 0 Å². The predicted octanol–water partition coefficient (Wildman–Crippen LogP) is 7.38. The summed E-state index contributed by atoms with van der Waals surface area (Å²) >= 11 is 0. The molecule has 0 amide bonds. The second kappa shape index (κ2) is 6.63. The van der Waals surface area contributed by atoms with Crippen molar-refractivity contribution < 1.29 is 4.42 Å². The van der Waals surface area contributed by atoms with Gasteiger partial charge < -0.3 is 4.42 Å². The van der Waals surface area contributed by atoms with Gasteiger partial charge >= 0.3 is 0 Å². The fourth-order valence-electron chi connectivity index (χ4n) is 3.71. The Labute approximate surface area is 167 Å². The van der Waals surface area contributed by atoms with Crippen molar-refractivity contribution in [1.29, 1.82) is 0 Å². The third kappa shape index (κ3) is 3.60. The van der Waals surface area contributed by atoms with Crippen molar-refractivity contribution in [3.8, 4) is 22.6 Å². The molecule has 0 saturated carbocycles. The Morgan fingerprint density at radius 3 is 2.04 bits per heavy atom. The summed E-state index contributed by atoms with van der Waals surface area (Å²) in [6, 6.07) is 17.3. The summed E-state index contributed by atoms with van der Waals surface area (Å²) in [5.74, 6) is 0.889. The van der Waals surface area contributed by atoms with Crippen molar-refractivity contribution in [2.75, 3.05) is 0 Å². The molecule has 0 saturated heterocycles. The molecule has 0 fully saturated rings. The highest BCUT2D eigenvalue weighted by Crippen LogP contribution is 2.33. The van der Waals surface area contributed by atoms with E-state index >= 15 is 0 Å². The van der Waals surface area contributed by atoms with Crippen LogP contribution in [0.25, 0.3) is 33.6 Å². The van der Waals surface area contributed by atoms with Crippen LogP contribution in [0.4, 0.5) is 0 Å². The number of hydrogen-bond acceptors (Lipinski definition) is 2. The number of furan rings is 1. The predicted molar refractivity (Wildman–Crippen MR) is 118 cm³/mol. The number of aromatic nitrogens is 1. The Kier molecular flexibility index (Phi) is 4.38. The van der Waals surface area contributed by atoms with Gasteiger partial charge in [-0.25, -0.2) is 0 Å². The molecule has 0 atom stereocenters. The van der Waals surface area contributed by atoms with Gasteiger partial charge in [0.05, 0.1) is 5.69 Å². The molecule has 4 rings (SSSR count). The quantitative estimate of drug-likeness (QED) is 0.368. The molecule has 0 radical (unpaired) electrons. The summed E-state index contributed by atoms with van der Waals surface area (Å²) in [7, 11) is 0. The zero-order chi connectivity index (χ0) is 20.1. The molecular weight excluding hydrogens is 342 g/mol. The van der Waals surface area contributed by atoms with E-state index in [2.05, 4.69) is 90.1 Å². The Morgan fingerprint density at radius 2 is 1.36 bits per heavy atom. The Morgan fingerprint density at radius 1 is 0.714 bits per heavy atom. The number of hydrogen-bond donors (Lipinski definition) is 0. The van der Waals surface area contributed by atoms with Crippen LogP contribution >= 0.6 is 0 Å². The molecule has 28 heavy (non-hydrogen) atoms. The first-order chi connectivity index (χ1) is 13.2. The lowest BCUT2D eigenvalue weighted by Crippen LogP contribution is -2.11. The molecule has 4 aromatic rings. The topological polar surface area (TPSA) is 26.0 Å². The maximum absolute atomic E-state index is 6.21. The van der Waals surface area contributed by atoms with Crippen LogP contribution < -0.4 is 0 Å². The molecule has 142 valence electrons. The van der Waals surface area contributed by atoms with Gasteiger partial charge in [0.15, 0.2) is 0 Å². The number of nitrogens with zero attached hydrogens (tertiary/aromatic N) is 1. The van der Waals surface area contributed by atoms with Gasteiger partial charge in [0.1, 0.15) is 11.3 Å². The monoisotopic (exact) mass is 369 g/mol. The Hall–Kier alpha value is -2.87. The molecule has 0 spiro atoms. The normalized spacial score (nSPS) is 11.9. The van der Waals surface area contributed by atoms with Crippen molar-refractivity contribution in [2.45, 2.75) is 47.0 Å². The molecular formula is C26H27NO. The lowest BCUT2D eigenvalue weighted by Gasteiger charge is -2.20. The minimum atomic E-state index is 0.103. The van der Waals surface area contributed by atoms with Crippen molar-refractivity contribution in [3.05, 3.63) is 77.0 Å². The standard InChI is InChI=1S/C26H27NO/c1-16-7-17(2)10-20(9-16)24-13-21-15-27-23(14-25(21)28-24)19-8-18(3)11-22(12-19)26(4,5)6/h7-15H,1-6H3. The van der Waals surface area contributed by atoms with E-state index in [0.29, 0.717) is 0 Å². The second-order valence-corrected chi connectivity index (χ2v) is 8.93. The summed E-state index contributed by atoms with van der Waals surface area (Å²) in [6.45, 7) is 13.1. The van der Waals surface area contributed by atoms with E-state index in [1.54, 1.807) is 0 Å². The summed E-state index contributed by atoms with van der Waals surface area (Å²) in [4.78, 5) is 4.72. The van der Waals surface area contributed by atoms with Gasteiger partial charge in [-0.2, -0.15) is 0 Å². The van der Waals surface area contributed by atoms with Gasteiger partial charge in [0.25, 0.3) is 0 Å². The lowest BCUT2D eigenvalue weighted by atomic mass is 9.85. The number of aryl methyl sites for hydroxylation is 3. The molecule has 2 heterocycles. The van der Waals surface area contributed by atoms with E-state index < -0.39 is 0 Å². The van der Waals surface area contributed by atoms with E-state index in [-0.39, 0.29) is 5.41 Å². The zero-order valence-corrected chi connectivity index (χ0v) is 17.6. The van der Waals surface area contributed by atoms with Crippen molar-refractivity contribution >= 4 is 11.0 Å². The van der Waals surface area contributed by atoms with E-state index in [9.17, 15) is 0 Å². The number of fused-ring (bicyclic) bond motifs is 1. The maximum atomic E-state index is 6.21. The fraction of sp³-hybridized carbons (Fsp3) is 0.269. The first kappa shape index (κ1) is 18.5. The first-order valence-electron chi connectivity index (χ1n) is 9.80. The average molecular weight is 370 g/mol. The molecule has 2 nitrogen and oxygen atoms in total. The molecule has 0 aliphatic carbocycles. The van der Waals surface area contributed by atoms with Crippen LogP contribution in [0, 0.1) is 20.8 Å². The lowest BCUT2D eigenvalue weighted by molar-refractivity contribution is 0.590. The highest BCUT2D eigenvalue weighted by atomic mass is 16.3. The molecule has 0 bridgehead atoms. The van der Waals surface area contributed by atoms with Crippen LogP contribution in [0.3, 0.4) is 0 Å². The molecule has 2 aromatic heterocycles. The minimum absolute atomic E-state index is 0.103. The van der Waals surface area contributed by atoms with Gasteiger partial charge in [-0.05, 0) is 62.1 Å². The van der Waals surface area contributed by atoms with E-state index in [4.69, 9.17) is 9.40 Å². The maximum Gasteiger partial charge on any atom is 0.138 e. The van der Waals surface area contributed by atoms with Gasteiger partial charge in [0.2, 0.25) is 0 Å². The van der Waals surface area contributed by atoms with Gasteiger partial charge in [-0.1, -0.05) is 49.6 Å². The molecule has 0 unspecified atom stereocenters. The van der Waals surface area contributed by atoms with Crippen LogP contribution in [0.15, 0.2) is 59.1 Å². The first-order valence-corrected chi connectivity index (χ1v) is 9.80. The molecule has 0 aliphatic heterocycles. The molecule has 2 aromatic carbocycles. The largest absolute Gasteiger partial charge is 0.456 e. The summed E-state index contributed by atoms with van der Waals surface area (Å²) in [5.41, 5.74) is 9.22. The van der Waals surface area contributed by atoms with Crippen LogP contribution in [-0.4, -0.2) is 4.98 Å².